The van der Waals surface area contributed by atoms with E-state index in [1.165, 1.54) is 11.3 Å². The number of nitrogens with zero attached hydrogens (tertiary/aromatic N) is 1. The third kappa shape index (κ3) is 4.69. The summed E-state index contributed by atoms with van der Waals surface area (Å²) in [5.74, 6) is 1.93. The Bertz CT molecular complexity index is 566. The standard InChI is InChI=1S/C19H25NO2/c1-4-13-20(3)18-7-5-6-8-19(18)22-15-14-21-17-11-9-16(2)10-12-17/h5-12H,4,13-15H2,1-3H3/p+1. The second-order valence-electron chi connectivity index (χ2n) is 5.45. The van der Waals surface area contributed by atoms with Gasteiger partial charge in [0.25, 0.3) is 5.75 Å². The molecule has 2 aromatic rings. The number of hydrogen-bond donors (Lipinski definition) is 0. The Morgan fingerprint density at radius 3 is 2.50 bits per heavy atom. The predicted octanol–water partition coefficient (Wildman–Crippen LogP) is 4.16. The van der Waals surface area contributed by atoms with E-state index in [0.717, 1.165) is 24.5 Å². The summed E-state index contributed by atoms with van der Waals surface area (Å²) >= 11 is 0. The van der Waals surface area contributed by atoms with Gasteiger partial charge in [-0.25, -0.2) is 0 Å². The zero-order chi connectivity index (χ0) is 15.8. The quantitative estimate of drug-likeness (QED) is 0.540. The molecule has 0 amide bonds. The summed E-state index contributed by atoms with van der Waals surface area (Å²) in [6.45, 7) is 6.54. The fourth-order valence-electron chi connectivity index (χ4n) is 2.34. The van der Waals surface area contributed by atoms with Crippen molar-refractivity contribution in [1.82, 2.24) is 0 Å². The Morgan fingerprint density at radius 2 is 1.77 bits per heavy atom. The summed E-state index contributed by atoms with van der Waals surface area (Å²) in [5, 5.41) is 0. The van der Waals surface area contributed by atoms with Crippen LogP contribution in [0.15, 0.2) is 48.5 Å². The maximum absolute atomic E-state index is 5.72. The third-order valence-electron chi connectivity index (χ3n) is 3.52. The average Bonchev–Trinajstić information content (AvgIpc) is 2.54. The highest BCUT2D eigenvalue weighted by Crippen LogP contribution is 2.27. The molecule has 2 rings (SSSR count). The van der Waals surface area contributed by atoms with Gasteiger partial charge in [-0.05, 0) is 31.5 Å². The molecule has 0 aliphatic heterocycles. The predicted molar refractivity (Wildman–Crippen MR) is 93.2 cm³/mol. The minimum Gasteiger partial charge on any atom is -0.579 e. The van der Waals surface area contributed by atoms with Gasteiger partial charge in [-0.15, -0.1) is 0 Å². The van der Waals surface area contributed by atoms with Crippen LogP contribution in [0.3, 0.4) is 0 Å². The fourth-order valence-corrected chi connectivity index (χ4v) is 2.34. The summed E-state index contributed by atoms with van der Waals surface area (Å²) in [7, 11) is 2.11. The van der Waals surface area contributed by atoms with Crippen molar-refractivity contribution < 1.29 is 9.47 Å². The zero-order valence-corrected chi connectivity index (χ0v) is 13.7. The van der Waals surface area contributed by atoms with Gasteiger partial charge in [0.15, 0.2) is 6.61 Å². The second kappa shape index (κ2) is 8.32. The monoisotopic (exact) mass is 300 g/mol. The molecule has 118 valence electrons. The van der Waals surface area contributed by atoms with E-state index in [0.29, 0.717) is 13.2 Å². The summed E-state index contributed by atoms with van der Waals surface area (Å²) < 4.78 is 10.4. The smallest absolute Gasteiger partial charge is 0.278 e. The van der Waals surface area contributed by atoms with E-state index < -0.39 is 0 Å². The number of ether oxygens (including phenoxy) is 2. The Kier molecular flexibility index (Phi) is 6.13. The van der Waals surface area contributed by atoms with Crippen LogP contribution in [0, 0.1) is 6.92 Å². The molecule has 0 unspecified atom stereocenters. The highest BCUT2D eigenvalue weighted by molar-refractivity contribution is 5.57. The lowest BCUT2D eigenvalue weighted by Crippen LogP contribution is -2.18. The molecule has 0 bridgehead atoms. The Labute approximate surface area is 133 Å². The molecule has 0 saturated carbocycles. The number of anilines is 1. The van der Waals surface area contributed by atoms with Crippen LogP contribution in [0.2, 0.25) is 0 Å². The second-order valence-corrected chi connectivity index (χ2v) is 5.45. The first-order chi connectivity index (χ1) is 10.7. The molecule has 3 heteroatoms. The topological polar surface area (TPSA) is 25.3 Å². The van der Waals surface area contributed by atoms with Crippen molar-refractivity contribution in [3.63, 3.8) is 0 Å². The molecule has 2 aromatic carbocycles. The number of rotatable bonds is 8. The molecule has 0 radical (unpaired) electrons. The molecule has 0 aliphatic rings. The number of aliphatic hydroxyl groups is 1. The zero-order valence-electron chi connectivity index (χ0n) is 13.7. The van der Waals surface area contributed by atoms with Crippen LogP contribution in [-0.2, 0) is 0 Å². The lowest BCUT2D eigenvalue weighted by molar-refractivity contribution is 0.0428. The van der Waals surface area contributed by atoms with Gasteiger partial charge < -0.3 is 14.4 Å². The van der Waals surface area contributed by atoms with Gasteiger partial charge in [0.05, 0.1) is 0 Å². The molecule has 22 heavy (non-hydrogen) atoms. The van der Waals surface area contributed by atoms with Crippen molar-refractivity contribution in [2.24, 2.45) is 0 Å². The SMILES string of the molecule is CCCN(C)c1ccccc1[OH+]CCOc1ccc(C)cc1. The molecule has 0 atom stereocenters. The van der Waals surface area contributed by atoms with Crippen molar-refractivity contribution in [2.75, 3.05) is 31.7 Å². The maximum Gasteiger partial charge on any atom is 0.278 e. The van der Waals surface area contributed by atoms with Crippen molar-refractivity contribution in [2.45, 2.75) is 20.3 Å². The van der Waals surface area contributed by atoms with Crippen LogP contribution in [0.4, 0.5) is 5.69 Å². The van der Waals surface area contributed by atoms with E-state index in [9.17, 15) is 0 Å². The molecule has 0 fully saturated rings. The number of hydrogen-bond acceptors (Lipinski definition) is 2. The van der Waals surface area contributed by atoms with Crippen molar-refractivity contribution in [3.8, 4) is 11.5 Å². The van der Waals surface area contributed by atoms with Gasteiger partial charge in [-0.2, -0.15) is 0 Å². The molecular weight excluding hydrogens is 274 g/mol. The number of benzene rings is 2. The van der Waals surface area contributed by atoms with Crippen LogP contribution in [0.25, 0.3) is 0 Å². The van der Waals surface area contributed by atoms with Crippen LogP contribution in [-0.4, -0.2) is 31.5 Å². The lowest BCUT2D eigenvalue weighted by atomic mass is 10.2. The van der Waals surface area contributed by atoms with Gasteiger partial charge in [0.2, 0.25) is 6.61 Å². The van der Waals surface area contributed by atoms with E-state index >= 15 is 0 Å². The van der Waals surface area contributed by atoms with Gasteiger partial charge in [-0.3, -0.25) is 0 Å². The average molecular weight is 300 g/mol. The Balaban J connectivity index is 1.85. The molecule has 0 heterocycles. The van der Waals surface area contributed by atoms with Crippen molar-refractivity contribution in [1.29, 1.82) is 0 Å². The molecule has 1 N–H and O–H groups in total. The summed E-state index contributed by atoms with van der Waals surface area (Å²) in [6, 6.07) is 16.4. The van der Waals surface area contributed by atoms with Crippen molar-refractivity contribution >= 4 is 5.69 Å². The molecule has 0 spiro atoms. The van der Waals surface area contributed by atoms with Gasteiger partial charge in [0, 0.05) is 19.7 Å². The minimum absolute atomic E-state index is 0.592. The van der Waals surface area contributed by atoms with Crippen LogP contribution >= 0.6 is 0 Å². The molecular formula is C19H26NO2+. The van der Waals surface area contributed by atoms with Crippen LogP contribution < -0.4 is 9.64 Å². The summed E-state index contributed by atoms with van der Waals surface area (Å²) in [5.41, 5.74) is 2.42. The number of aryl methyl sites for hydroxylation is 1. The fraction of sp³-hybridized carbons (Fsp3) is 0.368. The van der Waals surface area contributed by atoms with E-state index in [1.807, 2.05) is 18.2 Å². The summed E-state index contributed by atoms with van der Waals surface area (Å²) in [4.78, 5) is 2.25. The highest BCUT2D eigenvalue weighted by atomic mass is 16.5. The van der Waals surface area contributed by atoms with E-state index in [2.05, 4.69) is 60.9 Å². The number of para-hydroxylation sites is 2. The molecule has 3 nitrogen and oxygen atoms in total. The highest BCUT2D eigenvalue weighted by Gasteiger charge is 2.11. The van der Waals surface area contributed by atoms with Crippen LogP contribution in [0.1, 0.15) is 18.9 Å². The number of aromatic hydroxyl groups is 1. The van der Waals surface area contributed by atoms with Crippen LogP contribution in [0.5, 0.6) is 11.5 Å². The first-order valence-electron chi connectivity index (χ1n) is 7.88. The largest absolute Gasteiger partial charge is 0.579 e. The first-order valence-corrected chi connectivity index (χ1v) is 7.88. The van der Waals surface area contributed by atoms with E-state index in [1.54, 1.807) is 0 Å². The maximum atomic E-state index is 5.72. The third-order valence-corrected chi connectivity index (χ3v) is 3.52. The van der Waals surface area contributed by atoms with E-state index in [-0.39, 0.29) is 0 Å². The molecule has 0 aromatic heterocycles. The summed E-state index contributed by atoms with van der Waals surface area (Å²) in [6.07, 6.45) is 1.13. The molecule has 0 saturated heterocycles. The van der Waals surface area contributed by atoms with Gasteiger partial charge in [0.1, 0.15) is 11.4 Å². The van der Waals surface area contributed by atoms with E-state index in [4.69, 9.17) is 4.74 Å². The molecule has 0 aliphatic carbocycles. The lowest BCUT2D eigenvalue weighted by Gasteiger charge is -2.19. The Morgan fingerprint density at radius 1 is 1.05 bits per heavy atom. The minimum atomic E-state index is 0.592. The normalized spacial score (nSPS) is 10.3. The van der Waals surface area contributed by atoms with Crippen molar-refractivity contribution in [3.05, 3.63) is 54.1 Å². The van der Waals surface area contributed by atoms with Gasteiger partial charge in [-0.1, -0.05) is 36.8 Å². The Hall–Kier alpha value is -2.16. The van der Waals surface area contributed by atoms with Gasteiger partial charge >= 0.3 is 0 Å². The first kappa shape index (κ1) is 16.2.